The van der Waals surface area contributed by atoms with E-state index in [2.05, 4.69) is 10.5 Å². The zero-order valence-corrected chi connectivity index (χ0v) is 17.4. The van der Waals surface area contributed by atoms with E-state index >= 15 is 0 Å². The van der Waals surface area contributed by atoms with E-state index in [-0.39, 0.29) is 47.9 Å². The molecule has 156 valence electrons. The molecule has 3 rings (SSSR count). The van der Waals surface area contributed by atoms with Gasteiger partial charge in [-0.2, -0.15) is 0 Å². The second kappa shape index (κ2) is 7.73. The van der Waals surface area contributed by atoms with E-state index in [9.17, 15) is 18.0 Å². The maximum atomic E-state index is 12.7. The quantitative estimate of drug-likeness (QED) is 0.787. The summed E-state index contributed by atoms with van der Waals surface area (Å²) in [6.07, 6.45) is 1.41. The summed E-state index contributed by atoms with van der Waals surface area (Å²) < 4.78 is 28.4. The van der Waals surface area contributed by atoms with Crippen LogP contribution < -0.4 is 5.32 Å². The molecule has 0 saturated carbocycles. The molecule has 10 heteroatoms. The van der Waals surface area contributed by atoms with Crippen LogP contribution in [-0.4, -0.2) is 73.0 Å². The molecule has 1 unspecified atom stereocenters. The Balaban J connectivity index is 1.57. The molecule has 0 spiro atoms. The zero-order chi connectivity index (χ0) is 20.5. The van der Waals surface area contributed by atoms with Gasteiger partial charge in [0.2, 0.25) is 5.91 Å². The number of aromatic nitrogens is 1. The van der Waals surface area contributed by atoms with Crippen molar-refractivity contribution in [3.63, 3.8) is 0 Å². The molecule has 0 aliphatic carbocycles. The summed E-state index contributed by atoms with van der Waals surface area (Å²) in [5.74, 6) is 0.536. The second-order valence-electron chi connectivity index (χ2n) is 8.52. The van der Waals surface area contributed by atoms with Crippen LogP contribution in [0.3, 0.4) is 0 Å². The summed E-state index contributed by atoms with van der Waals surface area (Å²) in [6, 6.07) is 1.53. The molecule has 0 radical (unpaired) electrons. The minimum atomic E-state index is -3.04. The summed E-state index contributed by atoms with van der Waals surface area (Å²) in [5.41, 5.74) is -0.202. The van der Waals surface area contributed by atoms with E-state index in [0.717, 1.165) is 6.42 Å². The third kappa shape index (κ3) is 4.84. The maximum Gasteiger partial charge on any atom is 0.320 e. The molecular formula is C18H28N4O5S. The summed E-state index contributed by atoms with van der Waals surface area (Å²) in [5, 5.41) is 6.69. The Labute approximate surface area is 165 Å². The average molecular weight is 413 g/mol. The van der Waals surface area contributed by atoms with Crippen molar-refractivity contribution >= 4 is 27.6 Å². The van der Waals surface area contributed by atoms with Gasteiger partial charge in [0, 0.05) is 37.7 Å². The highest BCUT2D eigenvalue weighted by Crippen LogP contribution is 2.25. The Morgan fingerprint density at radius 1 is 1.18 bits per heavy atom. The number of urea groups is 1. The highest BCUT2D eigenvalue weighted by Gasteiger charge is 2.33. The molecule has 1 aromatic rings. The number of piperidine rings is 1. The van der Waals surface area contributed by atoms with Gasteiger partial charge in [-0.05, 0) is 12.8 Å². The molecule has 9 nitrogen and oxygen atoms in total. The van der Waals surface area contributed by atoms with Crippen molar-refractivity contribution in [2.45, 2.75) is 39.0 Å². The first-order chi connectivity index (χ1) is 13.0. The van der Waals surface area contributed by atoms with Crippen LogP contribution in [0, 0.1) is 5.92 Å². The smallest absolute Gasteiger partial charge is 0.320 e. The molecule has 1 atom stereocenters. The fourth-order valence-corrected chi connectivity index (χ4v) is 4.59. The lowest BCUT2D eigenvalue weighted by molar-refractivity contribution is -0.121. The van der Waals surface area contributed by atoms with Gasteiger partial charge in [-0.1, -0.05) is 25.9 Å². The standard InChI is InChI=1S/C18H28N4O5S/c1-18(2,3)14-11-15(20-27-14)19-16(23)13-5-4-6-22(12-13)17(24)21-7-9-28(25,26)10-8-21/h11,13H,4-10,12H2,1-3H3,(H,19,20,23). The van der Waals surface area contributed by atoms with Crippen LogP contribution in [0.25, 0.3) is 0 Å². The van der Waals surface area contributed by atoms with Gasteiger partial charge in [-0.15, -0.1) is 0 Å². The van der Waals surface area contributed by atoms with Crippen LogP contribution >= 0.6 is 0 Å². The van der Waals surface area contributed by atoms with Crippen molar-refractivity contribution in [2.24, 2.45) is 5.92 Å². The molecule has 3 heterocycles. The molecule has 28 heavy (non-hydrogen) atoms. The van der Waals surface area contributed by atoms with Crippen LogP contribution in [0.2, 0.25) is 0 Å². The first-order valence-corrected chi connectivity index (χ1v) is 11.4. The molecular weight excluding hydrogens is 384 g/mol. The number of nitrogens with one attached hydrogen (secondary N) is 1. The molecule has 0 aromatic carbocycles. The first-order valence-electron chi connectivity index (χ1n) is 9.57. The van der Waals surface area contributed by atoms with Crippen LogP contribution in [0.5, 0.6) is 0 Å². The monoisotopic (exact) mass is 412 g/mol. The highest BCUT2D eigenvalue weighted by atomic mass is 32.2. The molecule has 0 bridgehead atoms. The number of carbonyl (C=O) groups excluding carboxylic acids is 2. The Morgan fingerprint density at radius 2 is 1.86 bits per heavy atom. The van der Waals surface area contributed by atoms with Crippen molar-refractivity contribution in [1.29, 1.82) is 0 Å². The van der Waals surface area contributed by atoms with E-state index in [4.69, 9.17) is 4.52 Å². The minimum Gasteiger partial charge on any atom is -0.359 e. The number of nitrogens with zero attached hydrogens (tertiary/aromatic N) is 3. The number of amides is 3. The number of carbonyl (C=O) groups is 2. The van der Waals surface area contributed by atoms with Gasteiger partial charge < -0.3 is 19.6 Å². The molecule has 2 fully saturated rings. The van der Waals surface area contributed by atoms with Gasteiger partial charge in [0.15, 0.2) is 15.7 Å². The lowest BCUT2D eigenvalue weighted by atomic mass is 9.93. The van der Waals surface area contributed by atoms with Crippen molar-refractivity contribution in [3.8, 4) is 0 Å². The third-order valence-corrected chi connectivity index (χ3v) is 6.79. The fourth-order valence-electron chi connectivity index (χ4n) is 3.38. The van der Waals surface area contributed by atoms with E-state index in [1.165, 1.54) is 0 Å². The van der Waals surface area contributed by atoms with E-state index in [1.54, 1.807) is 15.9 Å². The van der Waals surface area contributed by atoms with Gasteiger partial charge >= 0.3 is 6.03 Å². The Hall–Kier alpha value is -2.10. The number of hydrogen-bond donors (Lipinski definition) is 1. The topological polar surface area (TPSA) is 113 Å². The van der Waals surface area contributed by atoms with E-state index in [1.807, 2.05) is 20.8 Å². The van der Waals surface area contributed by atoms with E-state index in [0.29, 0.717) is 31.1 Å². The van der Waals surface area contributed by atoms with Crippen LogP contribution in [0.1, 0.15) is 39.4 Å². The van der Waals surface area contributed by atoms with Crippen LogP contribution in [0.15, 0.2) is 10.6 Å². The number of hydrogen-bond acceptors (Lipinski definition) is 6. The predicted molar refractivity (Wildman–Crippen MR) is 104 cm³/mol. The molecule has 3 amide bonds. The number of likely N-dealkylation sites (tertiary alicyclic amines) is 1. The van der Waals surface area contributed by atoms with Crippen LogP contribution in [-0.2, 0) is 20.0 Å². The Bertz CT molecular complexity index is 828. The maximum absolute atomic E-state index is 12.7. The summed E-state index contributed by atoms with van der Waals surface area (Å²) in [7, 11) is -3.04. The molecule has 2 aliphatic rings. The minimum absolute atomic E-state index is 0.00123. The predicted octanol–water partition coefficient (Wildman–Crippen LogP) is 1.47. The van der Waals surface area contributed by atoms with E-state index < -0.39 is 9.84 Å². The summed E-state index contributed by atoms with van der Waals surface area (Å²) >= 11 is 0. The Kier molecular flexibility index (Phi) is 5.69. The van der Waals surface area contributed by atoms with Crippen LogP contribution in [0.4, 0.5) is 10.6 Å². The van der Waals surface area contributed by atoms with Gasteiger partial charge in [-0.3, -0.25) is 4.79 Å². The fraction of sp³-hybridized carbons (Fsp3) is 0.722. The van der Waals surface area contributed by atoms with Crippen molar-refractivity contribution in [1.82, 2.24) is 15.0 Å². The summed E-state index contributed by atoms with van der Waals surface area (Å²) in [6.45, 7) is 7.30. The SMILES string of the molecule is CC(C)(C)c1cc(NC(=O)C2CCCN(C(=O)N3CCS(=O)(=O)CC3)C2)no1. The highest BCUT2D eigenvalue weighted by molar-refractivity contribution is 7.91. The van der Waals surface area contributed by atoms with Crippen molar-refractivity contribution in [2.75, 3.05) is 43.0 Å². The largest absolute Gasteiger partial charge is 0.359 e. The molecule has 1 aromatic heterocycles. The molecule has 2 saturated heterocycles. The van der Waals surface area contributed by atoms with Crippen molar-refractivity contribution in [3.05, 3.63) is 11.8 Å². The number of sulfone groups is 1. The van der Waals surface area contributed by atoms with Gasteiger partial charge in [0.25, 0.3) is 0 Å². The second-order valence-corrected chi connectivity index (χ2v) is 10.8. The summed E-state index contributed by atoms with van der Waals surface area (Å²) in [4.78, 5) is 28.5. The normalized spacial score (nSPS) is 22.8. The molecule has 2 aliphatic heterocycles. The Morgan fingerprint density at radius 3 is 2.46 bits per heavy atom. The van der Waals surface area contributed by atoms with Crippen molar-refractivity contribution < 1.29 is 22.5 Å². The number of rotatable bonds is 2. The molecule has 1 N–H and O–H groups in total. The first kappa shape index (κ1) is 20.6. The zero-order valence-electron chi connectivity index (χ0n) is 16.6. The van der Waals surface area contributed by atoms with Gasteiger partial charge in [0.1, 0.15) is 5.76 Å². The average Bonchev–Trinajstić information content (AvgIpc) is 3.10. The third-order valence-electron chi connectivity index (χ3n) is 5.18. The lowest BCUT2D eigenvalue weighted by Gasteiger charge is -2.37. The van der Waals surface area contributed by atoms with Gasteiger partial charge in [0.05, 0.1) is 17.4 Å². The number of anilines is 1. The lowest BCUT2D eigenvalue weighted by Crippen LogP contribution is -2.53. The van der Waals surface area contributed by atoms with Gasteiger partial charge in [-0.25, -0.2) is 13.2 Å².